The predicted molar refractivity (Wildman–Crippen MR) is 133 cm³/mol. The Labute approximate surface area is 196 Å². The van der Waals surface area contributed by atoms with Gasteiger partial charge in [-0.1, -0.05) is 0 Å². The largest absolute Gasteiger partial charge is 0.356 e. The van der Waals surface area contributed by atoms with Gasteiger partial charge in [-0.25, -0.2) is 4.98 Å². The molecule has 1 aliphatic carbocycles. The zero-order valence-corrected chi connectivity index (χ0v) is 21.5. The van der Waals surface area contributed by atoms with Crippen molar-refractivity contribution in [3.8, 4) is 0 Å². The molecule has 0 aliphatic heterocycles. The zero-order valence-electron chi connectivity index (χ0n) is 18.3. The maximum atomic E-state index is 4.84. The van der Waals surface area contributed by atoms with Crippen molar-refractivity contribution in [2.45, 2.75) is 71.8 Å². The van der Waals surface area contributed by atoms with Crippen LogP contribution < -0.4 is 10.6 Å². The van der Waals surface area contributed by atoms with Crippen molar-refractivity contribution in [1.29, 1.82) is 0 Å². The Morgan fingerprint density at radius 2 is 2.03 bits per heavy atom. The van der Waals surface area contributed by atoms with Crippen LogP contribution in [0, 0.1) is 13.8 Å². The van der Waals surface area contributed by atoms with Gasteiger partial charge in [-0.3, -0.25) is 9.67 Å². The average Bonchev–Trinajstić information content (AvgIpc) is 3.19. The van der Waals surface area contributed by atoms with Gasteiger partial charge in [0.2, 0.25) is 0 Å². The summed E-state index contributed by atoms with van der Waals surface area (Å²) in [6.07, 6.45) is 8.10. The van der Waals surface area contributed by atoms with Crippen LogP contribution in [0.5, 0.6) is 0 Å². The first-order valence-electron chi connectivity index (χ1n) is 10.4. The topological polar surface area (TPSA) is 67.1 Å². The first kappa shape index (κ1) is 24.1. The number of nitrogens with one attached hydrogen (secondary N) is 2. The fraction of sp³-hybridized carbons (Fsp3) is 0.667. The number of halogens is 1. The van der Waals surface area contributed by atoms with Crippen LogP contribution in [-0.2, 0) is 32.7 Å². The normalized spacial score (nSPS) is 14.9. The van der Waals surface area contributed by atoms with Crippen molar-refractivity contribution in [3.05, 3.63) is 32.5 Å². The van der Waals surface area contributed by atoms with Crippen molar-refractivity contribution in [2.75, 3.05) is 13.6 Å². The van der Waals surface area contributed by atoms with E-state index in [1.807, 2.05) is 30.1 Å². The van der Waals surface area contributed by atoms with Crippen molar-refractivity contribution in [1.82, 2.24) is 25.4 Å². The van der Waals surface area contributed by atoms with E-state index in [0.717, 1.165) is 37.5 Å². The van der Waals surface area contributed by atoms with Crippen LogP contribution in [0.2, 0.25) is 0 Å². The molecule has 162 valence electrons. The Kier molecular flexibility index (Phi) is 9.39. The van der Waals surface area contributed by atoms with Crippen molar-refractivity contribution < 1.29 is 0 Å². The molecule has 0 aromatic carbocycles. The number of hydrogen-bond acceptors (Lipinski definition) is 4. The Bertz CT molecular complexity index is 802. The van der Waals surface area contributed by atoms with Crippen molar-refractivity contribution >= 4 is 41.3 Å². The van der Waals surface area contributed by atoms with Gasteiger partial charge in [0.15, 0.2) is 5.96 Å². The van der Waals surface area contributed by atoms with Crippen LogP contribution in [0.1, 0.15) is 58.7 Å². The highest BCUT2D eigenvalue weighted by molar-refractivity contribution is 14.0. The molecule has 0 amide bonds. The monoisotopic (exact) mass is 530 g/mol. The van der Waals surface area contributed by atoms with E-state index >= 15 is 0 Å². The molecule has 1 aliphatic rings. The number of aromatic nitrogens is 3. The SMILES string of the molecule is CN=C(NCCCc1nc2c(s1)CCCC2)NC(C)Cc1c(C)nn(C)c1C.I. The minimum absolute atomic E-state index is 0. The van der Waals surface area contributed by atoms with Gasteiger partial charge in [-0.2, -0.15) is 5.10 Å². The molecule has 1 atom stereocenters. The number of nitrogens with zero attached hydrogens (tertiary/aromatic N) is 4. The van der Waals surface area contributed by atoms with Gasteiger partial charge in [0.1, 0.15) is 0 Å². The number of hydrogen-bond donors (Lipinski definition) is 2. The molecule has 0 spiro atoms. The summed E-state index contributed by atoms with van der Waals surface area (Å²) in [5.74, 6) is 0.866. The van der Waals surface area contributed by atoms with Crippen molar-refractivity contribution in [2.24, 2.45) is 12.0 Å². The molecule has 8 heteroatoms. The standard InChI is InChI=1S/C21H34N6S.HI/c1-14(13-17-15(2)26-27(5)16(17)3)24-21(22-4)23-12-8-11-20-25-18-9-6-7-10-19(18)28-20;/h14H,6-13H2,1-5H3,(H2,22,23,24);1H. The van der Waals surface area contributed by atoms with Gasteiger partial charge in [0, 0.05) is 43.7 Å². The summed E-state index contributed by atoms with van der Waals surface area (Å²) >= 11 is 1.92. The molecule has 0 bridgehead atoms. The van der Waals surface area contributed by atoms with E-state index in [-0.39, 0.29) is 24.0 Å². The molecule has 0 saturated carbocycles. The van der Waals surface area contributed by atoms with Crippen LogP contribution in [0.25, 0.3) is 0 Å². The summed E-state index contributed by atoms with van der Waals surface area (Å²) in [5.41, 5.74) is 5.04. The molecule has 0 radical (unpaired) electrons. The van der Waals surface area contributed by atoms with E-state index in [1.54, 1.807) is 0 Å². The third kappa shape index (κ3) is 6.41. The number of aliphatic imine (C=N–C) groups is 1. The van der Waals surface area contributed by atoms with Gasteiger partial charge >= 0.3 is 0 Å². The summed E-state index contributed by atoms with van der Waals surface area (Å²) in [6.45, 7) is 7.31. The molecular weight excluding hydrogens is 495 g/mol. The molecule has 2 N–H and O–H groups in total. The van der Waals surface area contributed by atoms with Crippen LogP contribution in [0.15, 0.2) is 4.99 Å². The Hall–Kier alpha value is -1.16. The van der Waals surface area contributed by atoms with Gasteiger partial charge in [0.25, 0.3) is 0 Å². The number of fused-ring (bicyclic) bond motifs is 1. The lowest BCUT2D eigenvalue weighted by Crippen LogP contribution is -2.43. The molecule has 1 unspecified atom stereocenters. The van der Waals surface area contributed by atoms with E-state index in [0.29, 0.717) is 6.04 Å². The van der Waals surface area contributed by atoms with Crippen LogP contribution in [-0.4, -0.2) is 40.4 Å². The van der Waals surface area contributed by atoms with E-state index in [4.69, 9.17) is 4.98 Å². The van der Waals surface area contributed by atoms with Gasteiger partial charge < -0.3 is 10.6 Å². The quantitative estimate of drug-likeness (QED) is 0.248. The van der Waals surface area contributed by atoms with E-state index in [9.17, 15) is 0 Å². The maximum Gasteiger partial charge on any atom is 0.191 e. The van der Waals surface area contributed by atoms with E-state index < -0.39 is 0 Å². The maximum absolute atomic E-state index is 4.84. The van der Waals surface area contributed by atoms with Crippen LogP contribution in [0.3, 0.4) is 0 Å². The minimum Gasteiger partial charge on any atom is -0.356 e. The smallest absolute Gasteiger partial charge is 0.191 e. The van der Waals surface area contributed by atoms with Gasteiger partial charge in [-0.15, -0.1) is 35.3 Å². The van der Waals surface area contributed by atoms with Crippen LogP contribution in [0.4, 0.5) is 0 Å². The van der Waals surface area contributed by atoms with Crippen molar-refractivity contribution in [3.63, 3.8) is 0 Å². The lowest BCUT2D eigenvalue weighted by Gasteiger charge is -2.18. The summed E-state index contributed by atoms with van der Waals surface area (Å²) < 4.78 is 1.96. The average molecular weight is 531 g/mol. The first-order valence-corrected chi connectivity index (χ1v) is 11.2. The number of thiazole rings is 1. The third-order valence-corrected chi connectivity index (χ3v) is 6.74. The summed E-state index contributed by atoms with van der Waals surface area (Å²) in [7, 11) is 3.83. The number of aryl methyl sites for hydroxylation is 5. The molecule has 2 heterocycles. The Morgan fingerprint density at radius 1 is 1.28 bits per heavy atom. The molecular formula is C21H35IN6S. The second kappa shape index (κ2) is 11.3. The van der Waals surface area contributed by atoms with Crippen LogP contribution >= 0.6 is 35.3 Å². The molecule has 29 heavy (non-hydrogen) atoms. The predicted octanol–water partition coefficient (Wildman–Crippen LogP) is 3.72. The number of rotatable bonds is 7. The number of guanidine groups is 1. The highest BCUT2D eigenvalue weighted by atomic mass is 127. The lowest BCUT2D eigenvalue weighted by molar-refractivity contribution is 0.630. The Balaban J connectivity index is 0.00000300. The molecule has 6 nitrogen and oxygen atoms in total. The van der Waals surface area contributed by atoms with E-state index in [2.05, 4.69) is 41.5 Å². The zero-order chi connectivity index (χ0) is 20.1. The van der Waals surface area contributed by atoms with Gasteiger partial charge in [-0.05, 0) is 64.9 Å². The highest BCUT2D eigenvalue weighted by Crippen LogP contribution is 2.27. The molecule has 3 rings (SSSR count). The van der Waals surface area contributed by atoms with Gasteiger partial charge in [0.05, 0.1) is 16.4 Å². The van der Waals surface area contributed by atoms with E-state index in [1.165, 1.54) is 52.5 Å². The Morgan fingerprint density at radius 3 is 2.69 bits per heavy atom. The molecule has 2 aromatic heterocycles. The summed E-state index contributed by atoms with van der Waals surface area (Å²) in [6, 6.07) is 0.290. The third-order valence-electron chi connectivity index (χ3n) is 5.53. The fourth-order valence-electron chi connectivity index (χ4n) is 3.86. The lowest BCUT2D eigenvalue weighted by atomic mass is 10.0. The molecule has 0 fully saturated rings. The minimum atomic E-state index is 0. The molecule has 0 saturated heterocycles. The fourth-order valence-corrected chi connectivity index (χ4v) is 5.06. The molecule has 2 aromatic rings. The first-order chi connectivity index (χ1) is 13.5. The summed E-state index contributed by atoms with van der Waals surface area (Å²) in [5, 5.41) is 12.8. The summed E-state index contributed by atoms with van der Waals surface area (Å²) in [4.78, 5) is 10.7. The highest BCUT2D eigenvalue weighted by Gasteiger charge is 2.15. The second-order valence-corrected chi connectivity index (χ2v) is 8.98. The second-order valence-electron chi connectivity index (χ2n) is 7.81.